The highest BCUT2D eigenvalue weighted by molar-refractivity contribution is 5.93. The van der Waals surface area contributed by atoms with Crippen molar-refractivity contribution >= 4 is 5.91 Å². The van der Waals surface area contributed by atoms with E-state index in [1.54, 1.807) is 24.2 Å². The monoisotopic (exact) mass is 453 g/mol. The van der Waals surface area contributed by atoms with Gasteiger partial charge in [-0.3, -0.25) is 4.79 Å². The van der Waals surface area contributed by atoms with Gasteiger partial charge in [-0.15, -0.1) is 0 Å². The predicted molar refractivity (Wildman–Crippen MR) is 119 cm³/mol. The SMILES string of the molecule is COc1cccc(CNC(=O)c2cc(-c3ncn(CC4COC(CO)CO4)n3)cc(C)n2)c1. The second-order valence-electron chi connectivity index (χ2n) is 7.80. The van der Waals surface area contributed by atoms with Gasteiger partial charge in [0.2, 0.25) is 0 Å². The number of methoxy groups -OCH3 is 1. The van der Waals surface area contributed by atoms with E-state index < -0.39 is 0 Å². The normalized spacial score (nSPS) is 18.2. The second-order valence-corrected chi connectivity index (χ2v) is 7.80. The number of amides is 1. The van der Waals surface area contributed by atoms with Crippen LogP contribution in [0.4, 0.5) is 0 Å². The highest BCUT2D eigenvalue weighted by Crippen LogP contribution is 2.18. The summed E-state index contributed by atoms with van der Waals surface area (Å²) in [6, 6.07) is 11.0. The highest BCUT2D eigenvalue weighted by atomic mass is 16.6. The standard InChI is InChI=1S/C23H27N5O5/c1-15-6-17(22-25-14-28(27-22)10-19-12-33-20(11-29)13-32-19)8-21(26-15)23(30)24-9-16-4-3-5-18(7-16)31-2/h3-8,14,19-20,29H,9-13H2,1-2H3,(H,24,30). The van der Waals surface area contributed by atoms with E-state index in [0.29, 0.717) is 49.1 Å². The Labute approximate surface area is 191 Å². The molecular weight excluding hydrogens is 426 g/mol. The Morgan fingerprint density at radius 2 is 2.06 bits per heavy atom. The van der Waals surface area contributed by atoms with Crippen LogP contribution in [0.3, 0.4) is 0 Å². The number of nitrogens with one attached hydrogen (secondary N) is 1. The number of aryl methyl sites for hydroxylation is 1. The van der Waals surface area contributed by atoms with Gasteiger partial charge in [-0.05, 0) is 36.8 Å². The number of ether oxygens (including phenoxy) is 3. The first-order chi connectivity index (χ1) is 16.0. The van der Waals surface area contributed by atoms with E-state index >= 15 is 0 Å². The quantitative estimate of drug-likeness (QED) is 0.525. The lowest BCUT2D eigenvalue weighted by Gasteiger charge is -2.28. The highest BCUT2D eigenvalue weighted by Gasteiger charge is 2.22. The third-order valence-electron chi connectivity index (χ3n) is 5.20. The number of pyridine rings is 1. The van der Waals surface area contributed by atoms with Crippen molar-refractivity contribution in [1.82, 2.24) is 25.1 Å². The average Bonchev–Trinajstić information content (AvgIpc) is 3.31. The van der Waals surface area contributed by atoms with Crippen molar-refractivity contribution in [3.8, 4) is 17.1 Å². The van der Waals surface area contributed by atoms with Gasteiger partial charge in [0.1, 0.15) is 30.0 Å². The van der Waals surface area contributed by atoms with Gasteiger partial charge in [-0.1, -0.05) is 12.1 Å². The molecule has 2 N–H and O–H groups in total. The zero-order valence-corrected chi connectivity index (χ0v) is 18.6. The number of carbonyl (C=O) groups is 1. The Bertz CT molecular complexity index is 1090. The fraction of sp³-hybridized carbons (Fsp3) is 0.391. The summed E-state index contributed by atoms with van der Waals surface area (Å²) in [5, 5.41) is 16.5. The van der Waals surface area contributed by atoms with Crippen LogP contribution in [0.2, 0.25) is 0 Å². The summed E-state index contributed by atoms with van der Waals surface area (Å²) in [5.41, 5.74) is 2.61. The number of aromatic nitrogens is 4. The third-order valence-corrected chi connectivity index (χ3v) is 5.20. The number of nitrogens with zero attached hydrogens (tertiary/aromatic N) is 4. The van der Waals surface area contributed by atoms with Crippen molar-refractivity contribution in [3.05, 3.63) is 59.7 Å². The van der Waals surface area contributed by atoms with Crippen molar-refractivity contribution in [3.63, 3.8) is 0 Å². The van der Waals surface area contributed by atoms with Gasteiger partial charge in [0, 0.05) is 17.8 Å². The van der Waals surface area contributed by atoms with E-state index in [-0.39, 0.29) is 24.7 Å². The Kier molecular flexibility index (Phi) is 7.28. The van der Waals surface area contributed by atoms with E-state index in [1.165, 1.54) is 0 Å². The van der Waals surface area contributed by atoms with Gasteiger partial charge in [0.15, 0.2) is 5.82 Å². The first-order valence-corrected chi connectivity index (χ1v) is 10.7. The van der Waals surface area contributed by atoms with Crippen LogP contribution >= 0.6 is 0 Å². The first-order valence-electron chi connectivity index (χ1n) is 10.7. The molecule has 0 spiro atoms. The van der Waals surface area contributed by atoms with E-state index in [4.69, 9.17) is 19.3 Å². The van der Waals surface area contributed by atoms with E-state index in [0.717, 1.165) is 11.3 Å². The van der Waals surface area contributed by atoms with Crippen molar-refractivity contribution in [2.45, 2.75) is 32.2 Å². The predicted octanol–water partition coefficient (Wildman–Crippen LogP) is 1.36. The lowest BCUT2D eigenvalue weighted by Crippen LogP contribution is -2.39. The molecule has 1 aliphatic rings. The maximum Gasteiger partial charge on any atom is 0.270 e. The third kappa shape index (κ3) is 5.92. The fourth-order valence-electron chi connectivity index (χ4n) is 3.49. The molecule has 0 radical (unpaired) electrons. The van der Waals surface area contributed by atoms with Crippen LogP contribution < -0.4 is 10.1 Å². The van der Waals surface area contributed by atoms with Crippen LogP contribution in [-0.2, 0) is 22.6 Å². The smallest absolute Gasteiger partial charge is 0.270 e. The van der Waals surface area contributed by atoms with E-state index in [2.05, 4.69) is 20.4 Å². The average molecular weight is 453 g/mol. The van der Waals surface area contributed by atoms with Crippen LogP contribution in [0.25, 0.3) is 11.4 Å². The summed E-state index contributed by atoms with van der Waals surface area (Å²) < 4.78 is 18.1. The van der Waals surface area contributed by atoms with Gasteiger partial charge < -0.3 is 24.6 Å². The number of aliphatic hydroxyl groups excluding tert-OH is 1. The molecule has 4 rings (SSSR count). The summed E-state index contributed by atoms with van der Waals surface area (Å²) in [7, 11) is 1.60. The molecule has 33 heavy (non-hydrogen) atoms. The molecule has 1 fully saturated rings. The molecule has 2 unspecified atom stereocenters. The molecule has 10 nitrogen and oxygen atoms in total. The van der Waals surface area contributed by atoms with Crippen molar-refractivity contribution < 1.29 is 24.1 Å². The molecule has 0 bridgehead atoms. The Balaban J connectivity index is 1.41. The van der Waals surface area contributed by atoms with Gasteiger partial charge >= 0.3 is 0 Å². The summed E-state index contributed by atoms with van der Waals surface area (Å²) in [6.07, 6.45) is 1.18. The molecule has 174 valence electrons. The summed E-state index contributed by atoms with van der Waals surface area (Å²) >= 11 is 0. The molecule has 2 atom stereocenters. The molecule has 0 saturated carbocycles. The van der Waals surface area contributed by atoms with Gasteiger partial charge in [-0.2, -0.15) is 5.10 Å². The topological polar surface area (TPSA) is 121 Å². The second kappa shape index (κ2) is 10.5. The molecule has 1 amide bonds. The molecule has 3 aromatic rings. The lowest BCUT2D eigenvalue weighted by molar-refractivity contribution is -0.149. The number of hydrogen-bond donors (Lipinski definition) is 2. The summed E-state index contributed by atoms with van der Waals surface area (Å²) in [5.74, 6) is 0.943. The van der Waals surface area contributed by atoms with Crippen LogP contribution in [0.5, 0.6) is 5.75 Å². The molecule has 1 aliphatic heterocycles. The van der Waals surface area contributed by atoms with Gasteiger partial charge in [0.25, 0.3) is 5.91 Å². The largest absolute Gasteiger partial charge is 0.497 e. The minimum Gasteiger partial charge on any atom is -0.497 e. The number of rotatable bonds is 8. The van der Waals surface area contributed by atoms with Crippen molar-refractivity contribution in [1.29, 1.82) is 0 Å². The first kappa shape index (κ1) is 22.8. The Hall–Kier alpha value is -3.34. The summed E-state index contributed by atoms with van der Waals surface area (Å²) in [6.45, 7) is 3.33. The molecule has 1 saturated heterocycles. The fourth-order valence-corrected chi connectivity index (χ4v) is 3.49. The van der Waals surface area contributed by atoms with E-state index in [9.17, 15) is 4.79 Å². The van der Waals surface area contributed by atoms with Gasteiger partial charge in [0.05, 0.1) is 33.5 Å². The molecule has 10 heteroatoms. The molecule has 1 aromatic carbocycles. The number of hydrogen-bond acceptors (Lipinski definition) is 8. The lowest BCUT2D eigenvalue weighted by atomic mass is 10.1. The van der Waals surface area contributed by atoms with Crippen LogP contribution in [-0.4, -0.2) is 69.9 Å². The van der Waals surface area contributed by atoms with Crippen LogP contribution in [0.15, 0.2) is 42.7 Å². The van der Waals surface area contributed by atoms with Crippen LogP contribution in [0, 0.1) is 6.92 Å². The minimum atomic E-state index is -0.284. The molecule has 0 aliphatic carbocycles. The Morgan fingerprint density at radius 1 is 1.24 bits per heavy atom. The van der Waals surface area contributed by atoms with Crippen molar-refractivity contribution in [2.24, 2.45) is 0 Å². The molecule has 3 heterocycles. The number of aliphatic hydroxyl groups is 1. The molecular formula is C23H27N5O5. The van der Waals surface area contributed by atoms with E-state index in [1.807, 2.05) is 37.3 Å². The van der Waals surface area contributed by atoms with Crippen molar-refractivity contribution in [2.75, 3.05) is 26.9 Å². The number of benzene rings is 1. The summed E-state index contributed by atoms with van der Waals surface area (Å²) in [4.78, 5) is 21.5. The number of carbonyl (C=O) groups excluding carboxylic acids is 1. The maximum atomic E-state index is 12.7. The zero-order valence-electron chi connectivity index (χ0n) is 18.6. The molecule has 2 aromatic heterocycles. The Morgan fingerprint density at radius 3 is 2.82 bits per heavy atom. The van der Waals surface area contributed by atoms with Gasteiger partial charge in [-0.25, -0.2) is 14.6 Å². The maximum absolute atomic E-state index is 12.7. The zero-order chi connectivity index (χ0) is 23.2. The minimum absolute atomic E-state index is 0.0585. The van der Waals surface area contributed by atoms with Crippen LogP contribution in [0.1, 0.15) is 21.7 Å².